The Labute approximate surface area is 198 Å². The highest BCUT2D eigenvalue weighted by Gasteiger charge is 2.15. The fraction of sp³-hybridized carbons (Fsp3) is 0.174. The summed E-state index contributed by atoms with van der Waals surface area (Å²) in [6.45, 7) is 0.0686. The molecule has 0 amide bonds. The van der Waals surface area contributed by atoms with Crippen LogP contribution in [0.4, 0.5) is 17.1 Å². The number of para-hydroxylation sites is 2. The lowest BCUT2D eigenvalue weighted by Gasteiger charge is -2.17. The maximum Gasteiger partial charge on any atom is 0.229 e. The van der Waals surface area contributed by atoms with Gasteiger partial charge in [-0.15, -0.1) is 12.4 Å². The maximum absolute atomic E-state index is 11.6. The van der Waals surface area contributed by atoms with Gasteiger partial charge in [0.15, 0.2) is 0 Å². The second-order valence-electron chi connectivity index (χ2n) is 7.14. The number of nitrogens with one attached hydrogen (secondary N) is 2. The highest BCUT2D eigenvalue weighted by molar-refractivity contribution is 7.92. The molecule has 0 aliphatic heterocycles. The summed E-state index contributed by atoms with van der Waals surface area (Å²) < 4.78 is 36.8. The summed E-state index contributed by atoms with van der Waals surface area (Å²) in [7, 11) is -1.89. The summed E-state index contributed by atoms with van der Waals surface area (Å²) in [6.07, 6.45) is 1.09. The zero-order chi connectivity index (χ0) is 22.7. The van der Waals surface area contributed by atoms with Crippen LogP contribution in [0.2, 0.25) is 0 Å². The van der Waals surface area contributed by atoms with Crippen LogP contribution in [0.5, 0.6) is 11.5 Å². The number of benzene rings is 3. The first-order chi connectivity index (χ1) is 15.4. The number of ether oxygens (including phenoxy) is 2. The minimum Gasteiger partial charge on any atom is -0.494 e. The van der Waals surface area contributed by atoms with Gasteiger partial charge in [0.05, 0.1) is 42.6 Å². The molecule has 0 spiro atoms. The second kappa shape index (κ2) is 10.1. The van der Waals surface area contributed by atoms with Gasteiger partial charge in [-0.05, 0) is 24.3 Å². The van der Waals surface area contributed by atoms with Crippen LogP contribution >= 0.6 is 12.4 Å². The minimum absolute atomic E-state index is 0. The molecule has 0 aliphatic carbocycles. The molecule has 3 N–H and O–H groups in total. The van der Waals surface area contributed by atoms with Gasteiger partial charge in [0, 0.05) is 16.8 Å². The van der Waals surface area contributed by atoms with Gasteiger partial charge in [-0.1, -0.05) is 30.3 Å². The lowest BCUT2D eigenvalue weighted by Crippen LogP contribution is -2.09. The van der Waals surface area contributed by atoms with Gasteiger partial charge in [-0.3, -0.25) is 4.72 Å². The van der Waals surface area contributed by atoms with Crippen molar-refractivity contribution in [2.45, 2.75) is 0 Å². The van der Waals surface area contributed by atoms with E-state index in [2.05, 4.69) is 10.0 Å². The van der Waals surface area contributed by atoms with E-state index in [0.717, 1.165) is 28.2 Å². The van der Waals surface area contributed by atoms with E-state index in [-0.39, 0.29) is 25.6 Å². The molecule has 1 heterocycles. The standard InChI is InChI=1S/C23H23N3O5S.ClH/c1-30-21-14-15(26-32(2,28)29)10-11-19(21)25-22-16-6-3-4-8-18(16)24-23-17(22)7-5-9-20(23)31-13-12-27;/h3-11,14,26-27H,12-13H2,1-2H3,(H,24,25);1H. The van der Waals surface area contributed by atoms with Gasteiger partial charge in [0.1, 0.15) is 23.6 Å². The van der Waals surface area contributed by atoms with Gasteiger partial charge in [-0.25, -0.2) is 13.4 Å². The third-order valence-electron chi connectivity index (χ3n) is 4.79. The van der Waals surface area contributed by atoms with Crippen molar-refractivity contribution in [1.82, 2.24) is 4.98 Å². The lowest BCUT2D eigenvalue weighted by molar-refractivity contribution is 0.202. The van der Waals surface area contributed by atoms with Crippen LogP contribution < -0.4 is 19.5 Å². The number of aliphatic hydroxyl groups excluding tert-OH is 1. The van der Waals surface area contributed by atoms with E-state index in [9.17, 15) is 8.42 Å². The summed E-state index contributed by atoms with van der Waals surface area (Å²) in [5.74, 6) is 1.05. The molecule has 1 aromatic heterocycles. The molecule has 10 heteroatoms. The average molecular weight is 490 g/mol. The Bertz CT molecular complexity index is 1400. The number of hydrogen-bond donors (Lipinski definition) is 3. The summed E-state index contributed by atoms with van der Waals surface area (Å²) in [5, 5.41) is 14.3. The third-order valence-corrected chi connectivity index (χ3v) is 5.39. The van der Waals surface area contributed by atoms with E-state index in [0.29, 0.717) is 28.4 Å². The number of hydrogen-bond acceptors (Lipinski definition) is 7. The Morgan fingerprint density at radius 3 is 2.48 bits per heavy atom. The molecule has 8 nitrogen and oxygen atoms in total. The summed E-state index contributed by atoms with van der Waals surface area (Å²) in [4.78, 5) is 4.78. The van der Waals surface area contributed by atoms with Gasteiger partial charge >= 0.3 is 0 Å². The fourth-order valence-electron chi connectivity index (χ4n) is 3.50. The molecule has 33 heavy (non-hydrogen) atoms. The predicted molar refractivity (Wildman–Crippen MR) is 134 cm³/mol. The van der Waals surface area contributed by atoms with Crippen LogP contribution in [-0.4, -0.2) is 45.1 Å². The van der Waals surface area contributed by atoms with Crippen molar-refractivity contribution in [2.75, 3.05) is 36.6 Å². The van der Waals surface area contributed by atoms with Crippen molar-refractivity contribution < 1.29 is 23.0 Å². The maximum atomic E-state index is 11.6. The van der Waals surface area contributed by atoms with Crippen LogP contribution in [0.15, 0.2) is 60.7 Å². The molecule has 0 bridgehead atoms. The molecule has 0 fully saturated rings. The molecule has 0 radical (unpaired) electrons. The number of anilines is 3. The molecule has 174 valence electrons. The van der Waals surface area contributed by atoms with E-state index >= 15 is 0 Å². The van der Waals surface area contributed by atoms with E-state index < -0.39 is 10.0 Å². The van der Waals surface area contributed by atoms with Crippen LogP contribution in [0.3, 0.4) is 0 Å². The highest BCUT2D eigenvalue weighted by atomic mass is 35.5. The number of pyridine rings is 1. The number of halogens is 1. The summed E-state index contributed by atoms with van der Waals surface area (Å²) in [5.41, 5.74) is 3.31. The largest absolute Gasteiger partial charge is 0.494 e. The van der Waals surface area contributed by atoms with Crippen molar-refractivity contribution >= 4 is 61.3 Å². The third kappa shape index (κ3) is 5.39. The highest BCUT2D eigenvalue weighted by Crippen LogP contribution is 2.39. The summed E-state index contributed by atoms with van der Waals surface area (Å²) in [6, 6.07) is 18.4. The van der Waals surface area contributed by atoms with Crippen LogP contribution in [0.25, 0.3) is 21.8 Å². The van der Waals surface area contributed by atoms with Crippen molar-refractivity contribution in [3.8, 4) is 11.5 Å². The van der Waals surface area contributed by atoms with E-state index in [1.54, 1.807) is 18.2 Å². The Kier molecular flexibility index (Phi) is 7.47. The van der Waals surface area contributed by atoms with Gasteiger partial charge in [0.25, 0.3) is 0 Å². The lowest BCUT2D eigenvalue weighted by atomic mass is 10.1. The molecule has 0 atom stereocenters. The minimum atomic E-state index is -3.41. The number of sulfonamides is 1. The molecule has 0 saturated heterocycles. The monoisotopic (exact) mass is 489 g/mol. The molecular formula is C23H24ClN3O5S. The van der Waals surface area contributed by atoms with Gasteiger partial charge in [-0.2, -0.15) is 0 Å². The molecular weight excluding hydrogens is 466 g/mol. The van der Waals surface area contributed by atoms with E-state index in [1.807, 2.05) is 42.5 Å². The molecule has 0 saturated carbocycles. The van der Waals surface area contributed by atoms with Crippen LogP contribution in [-0.2, 0) is 10.0 Å². The second-order valence-corrected chi connectivity index (χ2v) is 8.89. The van der Waals surface area contributed by atoms with Crippen molar-refractivity contribution in [3.05, 3.63) is 60.7 Å². The Morgan fingerprint density at radius 1 is 1.00 bits per heavy atom. The number of aliphatic hydroxyl groups is 1. The first-order valence-electron chi connectivity index (χ1n) is 9.87. The Hall–Kier alpha value is -3.27. The van der Waals surface area contributed by atoms with Gasteiger partial charge < -0.3 is 19.9 Å². The number of nitrogens with zero attached hydrogens (tertiary/aromatic N) is 1. The molecule has 4 rings (SSSR count). The van der Waals surface area contributed by atoms with Gasteiger partial charge in [0.2, 0.25) is 10.0 Å². The zero-order valence-corrected chi connectivity index (χ0v) is 19.7. The number of fused-ring (bicyclic) bond motifs is 2. The number of rotatable bonds is 8. The molecule has 3 aromatic carbocycles. The molecule has 0 aliphatic rings. The van der Waals surface area contributed by atoms with E-state index in [4.69, 9.17) is 19.6 Å². The van der Waals surface area contributed by atoms with Crippen LogP contribution in [0, 0.1) is 0 Å². The zero-order valence-electron chi connectivity index (χ0n) is 18.0. The van der Waals surface area contributed by atoms with E-state index in [1.165, 1.54) is 7.11 Å². The average Bonchev–Trinajstić information content (AvgIpc) is 2.77. The Balaban J connectivity index is 0.00000306. The fourth-order valence-corrected chi connectivity index (χ4v) is 4.06. The SMILES string of the molecule is COc1cc(NS(C)(=O)=O)ccc1Nc1c2ccccc2nc2c(OCCO)cccc12.Cl. The normalized spacial score (nSPS) is 11.1. The topological polar surface area (TPSA) is 110 Å². The molecule has 0 unspecified atom stereocenters. The Morgan fingerprint density at radius 2 is 1.76 bits per heavy atom. The predicted octanol–water partition coefficient (Wildman–Crippen LogP) is 4.30. The number of aromatic nitrogens is 1. The summed E-state index contributed by atoms with van der Waals surface area (Å²) >= 11 is 0. The van der Waals surface area contributed by atoms with Crippen molar-refractivity contribution in [3.63, 3.8) is 0 Å². The van der Waals surface area contributed by atoms with Crippen molar-refractivity contribution in [1.29, 1.82) is 0 Å². The first-order valence-corrected chi connectivity index (χ1v) is 11.8. The number of methoxy groups -OCH3 is 1. The molecule has 4 aromatic rings. The smallest absolute Gasteiger partial charge is 0.229 e. The first kappa shape index (κ1) is 24.4. The van der Waals surface area contributed by atoms with Crippen molar-refractivity contribution in [2.24, 2.45) is 0 Å². The quantitative estimate of drug-likeness (QED) is 0.316. The van der Waals surface area contributed by atoms with Crippen LogP contribution in [0.1, 0.15) is 0 Å².